The first-order chi connectivity index (χ1) is 14.6. The van der Waals surface area contributed by atoms with Crippen LogP contribution in [-0.2, 0) is 19.8 Å². The van der Waals surface area contributed by atoms with Crippen molar-refractivity contribution in [3.63, 3.8) is 0 Å². The maximum atomic E-state index is 12.7. The number of halogens is 1. The molecular formula is C20H20ClN7O2. The van der Waals surface area contributed by atoms with Gasteiger partial charge >= 0.3 is 0 Å². The number of ether oxygens (including phenoxy) is 1. The van der Waals surface area contributed by atoms with Crippen LogP contribution in [0.15, 0.2) is 61.3 Å². The fourth-order valence-corrected chi connectivity index (χ4v) is 2.98. The van der Waals surface area contributed by atoms with Gasteiger partial charge in [0.25, 0.3) is 5.91 Å². The highest BCUT2D eigenvalue weighted by Gasteiger charge is 2.14. The summed E-state index contributed by atoms with van der Waals surface area (Å²) in [6.45, 7) is 3.51. The van der Waals surface area contributed by atoms with Gasteiger partial charge in [-0.05, 0) is 37.3 Å². The second-order valence-electron chi connectivity index (χ2n) is 6.53. The van der Waals surface area contributed by atoms with Crippen molar-refractivity contribution in [2.24, 2.45) is 0 Å². The minimum Gasteiger partial charge on any atom is -0.471 e. The number of anilines is 1. The Balaban J connectivity index is 1.37. The largest absolute Gasteiger partial charge is 0.471 e. The summed E-state index contributed by atoms with van der Waals surface area (Å²) in [5.41, 5.74) is 2.01. The first kappa shape index (κ1) is 19.7. The van der Waals surface area contributed by atoms with Gasteiger partial charge in [-0.2, -0.15) is 15.3 Å². The molecule has 1 N–H and O–H groups in total. The minimum absolute atomic E-state index is 0.0953. The van der Waals surface area contributed by atoms with Crippen molar-refractivity contribution in [3.05, 3.63) is 77.6 Å². The van der Waals surface area contributed by atoms with Gasteiger partial charge in [0, 0.05) is 35.7 Å². The van der Waals surface area contributed by atoms with Crippen LogP contribution in [0.3, 0.4) is 0 Å². The van der Waals surface area contributed by atoms with Crippen LogP contribution in [0.1, 0.15) is 23.0 Å². The zero-order valence-electron chi connectivity index (χ0n) is 16.3. The lowest BCUT2D eigenvalue weighted by molar-refractivity contribution is 0.100. The monoisotopic (exact) mass is 425 g/mol. The van der Waals surface area contributed by atoms with Gasteiger partial charge in [-0.25, -0.2) is 4.68 Å². The van der Waals surface area contributed by atoms with E-state index in [4.69, 9.17) is 16.3 Å². The number of benzene rings is 1. The van der Waals surface area contributed by atoms with Crippen LogP contribution in [0.25, 0.3) is 0 Å². The number of amides is 1. The Hall–Kier alpha value is -3.59. The zero-order valence-corrected chi connectivity index (χ0v) is 17.0. The molecule has 1 aromatic carbocycles. The van der Waals surface area contributed by atoms with Crippen molar-refractivity contribution < 1.29 is 9.53 Å². The first-order valence-electron chi connectivity index (χ1n) is 9.36. The molecule has 9 nitrogen and oxygen atoms in total. The van der Waals surface area contributed by atoms with Crippen molar-refractivity contribution in [1.82, 2.24) is 29.3 Å². The highest BCUT2D eigenvalue weighted by atomic mass is 35.5. The fraction of sp³-hybridized carbons (Fsp3) is 0.200. The van der Waals surface area contributed by atoms with E-state index in [1.807, 2.05) is 24.0 Å². The second kappa shape index (κ2) is 8.83. The molecule has 0 atom stereocenters. The van der Waals surface area contributed by atoms with Crippen LogP contribution >= 0.6 is 11.6 Å². The molecule has 0 aliphatic carbocycles. The summed E-state index contributed by atoms with van der Waals surface area (Å²) >= 11 is 5.87. The minimum atomic E-state index is -0.300. The van der Waals surface area contributed by atoms with Crippen molar-refractivity contribution in [3.8, 4) is 5.75 Å². The average Bonchev–Trinajstić information content (AvgIpc) is 3.49. The Morgan fingerprint density at radius 2 is 1.87 bits per heavy atom. The molecule has 10 heteroatoms. The van der Waals surface area contributed by atoms with E-state index in [2.05, 4.69) is 20.6 Å². The lowest BCUT2D eigenvalue weighted by Gasteiger charge is -2.09. The van der Waals surface area contributed by atoms with E-state index in [-0.39, 0.29) is 12.6 Å². The Bertz CT molecular complexity index is 1130. The van der Waals surface area contributed by atoms with Gasteiger partial charge < -0.3 is 10.1 Å². The molecular weight excluding hydrogens is 406 g/mol. The Morgan fingerprint density at radius 3 is 2.63 bits per heavy atom. The number of carbonyl (C=O) groups excluding carboxylic acids is 1. The van der Waals surface area contributed by atoms with Gasteiger partial charge in [0.2, 0.25) is 0 Å². The molecule has 30 heavy (non-hydrogen) atoms. The molecule has 1 amide bonds. The van der Waals surface area contributed by atoms with Crippen molar-refractivity contribution >= 4 is 23.2 Å². The molecule has 0 bridgehead atoms. The highest BCUT2D eigenvalue weighted by molar-refractivity contribution is 6.30. The predicted octanol–water partition coefficient (Wildman–Crippen LogP) is 3.29. The molecule has 0 aliphatic heterocycles. The summed E-state index contributed by atoms with van der Waals surface area (Å²) in [6, 6.07) is 8.61. The van der Waals surface area contributed by atoms with E-state index in [1.54, 1.807) is 53.6 Å². The number of nitrogens with one attached hydrogen (secondary N) is 1. The summed E-state index contributed by atoms with van der Waals surface area (Å²) in [4.78, 5) is 12.7. The maximum absolute atomic E-state index is 12.7. The van der Waals surface area contributed by atoms with Gasteiger partial charge in [0.15, 0.2) is 6.73 Å². The quantitative estimate of drug-likeness (QED) is 0.467. The van der Waals surface area contributed by atoms with E-state index >= 15 is 0 Å². The van der Waals surface area contributed by atoms with E-state index in [9.17, 15) is 4.79 Å². The lowest BCUT2D eigenvalue weighted by Crippen LogP contribution is -2.19. The van der Waals surface area contributed by atoms with Gasteiger partial charge in [0.1, 0.15) is 11.4 Å². The molecule has 4 aromatic rings. The molecule has 0 saturated heterocycles. The Kier molecular flexibility index (Phi) is 5.80. The zero-order chi connectivity index (χ0) is 20.9. The molecule has 0 fully saturated rings. The van der Waals surface area contributed by atoms with Crippen LogP contribution < -0.4 is 10.1 Å². The fourth-order valence-electron chi connectivity index (χ4n) is 2.85. The molecule has 3 heterocycles. The van der Waals surface area contributed by atoms with E-state index in [0.717, 1.165) is 12.1 Å². The smallest absolute Gasteiger partial charge is 0.274 e. The number of hydrogen-bond donors (Lipinski definition) is 1. The number of aromatic nitrogens is 6. The van der Waals surface area contributed by atoms with Crippen LogP contribution in [0.5, 0.6) is 5.75 Å². The molecule has 4 rings (SSSR count). The number of rotatable bonds is 8. The van der Waals surface area contributed by atoms with Crippen molar-refractivity contribution in [2.45, 2.75) is 26.7 Å². The summed E-state index contributed by atoms with van der Waals surface area (Å²) in [5.74, 6) is 0.333. The molecule has 0 aliphatic rings. The van der Waals surface area contributed by atoms with Crippen molar-refractivity contribution in [2.75, 3.05) is 5.32 Å². The third-order valence-corrected chi connectivity index (χ3v) is 4.61. The molecule has 0 saturated carbocycles. The first-order valence-corrected chi connectivity index (χ1v) is 9.74. The maximum Gasteiger partial charge on any atom is 0.274 e. The molecule has 154 valence electrons. The SMILES string of the molecule is CCn1cc(Cn2cc(NC(=O)c3ccnn3COc3ccc(Cl)cc3)cn2)cn1. The third-order valence-electron chi connectivity index (χ3n) is 4.36. The molecule has 0 radical (unpaired) electrons. The topological polar surface area (TPSA) is 91.8 Å². The molecule has 3 aromatic heterocycles. The number of nitrogens with zero attached hydrogens (tertiary/aromatic N) is 6. The molecule has 0 unspecified atom stereocenters. The highest BCUT2D eigenvalue weighted by Crippen LogP contribution is 2.16. The summed E-state index contributed by atoms with van der Waals surface area (Å²) in [5, 5.41) is 16.2. The third kappa shape index (κ3) is 4.69. The predicted molar refractivity (Wildman–Crippen MR) is 111 cm³/mol. The molecule has 0 spiro atoms. The number of carbonyl (C=O) groups is 1. The van der Waals surface area contributed by atoms with E-state index in [0.29, 0.717) is 28.7 Å². The summed E-state index contributed by atoms with van der Waals surface area (Å²) < 4.78 is 10.7. The normalized spacial score (nSPS) is 10.9. The lowest BCUT2D eigenvalue weighted by atomic mass is 10.3. The van der Waals surface area contributed by atoms with Crippen LogP contribution in [-0.4, -0.2) is 35.2 Å². The van der Waals surface area contributed by atoms with Crippen molar-refractivity contribution in [1.29, 1.82) is 0 Å². The van der Waals surface area contributed by atoms with Gasteiger partial charge in [-0.3, -0.25) is 14.2 Å². The Morgan fingerprint density at radius 1 is 1.07 bits per heavy atom. The standard InChI is InChI=1S/C20H20ClN7O2/c1-2-26-11-15(9-23-26)12-27-13-17(10-24-27)25-20(29)19-7-8-22-28(19)14-30-18-5-3-16(21)4-6-18/h3-11,13H,2,12,14H2,1H3,(H,25,29). The van der Waals surface area contributed by atoms with Gasteiger partial charge in [-0.1, -0.05) is 11.6 Å². The van der Waals surface area contributed by atoms with Gasteiger partial charge in [0.05, 0.1) is 24.6 Å². The van der Waals surface area contributed by atoms with Gasteiger partial charge in [-0.15, -0.1) is 0 Å². The summed E-state index contributed by atoms with van der Waals surface area (Å²) in [7, 11) is 0. The van der Waals surface area contributed by atoms with E-state index in [1.165, 1.54) is 4.68 Å². The van der Waals surface area contributed by atoms with Crippen LogP contribution in [0.2, 0.25) is 5.02 Å². The Labute approximate surface area is 177 Å². The summed E-state index contributed by atoms with van der Waals surface area (Å²) in [6.07, 6.45) is 8.70. The number of hydrogen-bond acceptors (Lipinski definition) is 5. The second-order valence-corrected chi connectivity index (χ2v) is 6.96. The van der Waals surface area contributed by atoms with Crippen LogP contribution in [0.4, 0.5) is 5.69 Å². The van der Waals surface area contributed by atoms with E-state index < -0.39 is 0 Å². The van der Waals surface area contributed by atoms with Crippen LogP contribution in [0, 0.1) is 0 Å². The average molecular weight is 426 g/mol. The number of aryl methyl sites for hydroxylation is 1.